The molecule has 0 amide bonds. The molecular weight excluding hydrogens is 284 g/mol. The first kappa shape index (κ1) is 9.86. The smallest absolute Gasteiger partial charge is 0.0606 e. The van der Waals surface area contributed by atoms with Gasteiger partial charge in [-0.2, -0.15) is 0 Å². The molecule has 0 saturated carbocycles. The van der Waals surface area contributed by atoms with E-state index in [0.717, 1.165) is 20.3 Å². The monoisotopic (exact) mass is 292 g/mol. The molecule has 0 heterocycles. The summed E-state index contributed by atoms with van der Waals surface area (Å²) in [6, 6.07) is 3.87. The molecule has 0 atom stereocenters. The van der Waals surface area contributed by atoms with Crippen LogP contribution < -0.4 is 10.6 Å². The number of nitrogen functional groups attached to an aromatic ring is 1. The molecule has 4 heteroatoms. The van der Waals surface area contributed by atoms with E-state index in [4.69, 9.17) is 5.73 Å². The molecule has 0 spiro atoms. The number of benzene rings is 1. The Balaban J connectivity index is 3.23. The predicted molar refractivity (Wildman–Crippen MR) is 60.6 cm³/mol. The van der Waals surface area contributed by atoms with E-state index >= 15 is 0 Å². The Morgan fingerprint density at radius 2 is 1.67 bits per heavy atom. The molecule has 2 nitrogen and oxygen atoms in total. The van der Waals surface area contributed by atoms with Gasteiger partial charge in [-0.3, -0.25) is 0 Å². The highest BCUT2D eigenvalue weighted by Gasteiger charge is 2.05. The fourth-order valence-electron chi connectivity index (χ4n) is 0.939. The van der Waals surface area contributed by atoms with Crippen molar-refractivity contribution in [1.82, 2.24) is 0 Å². The molecule has 0 radical (unpaired) electrons. The van der Waals surface area contributed by atoms with E-state index in [1.54, 1.807) is 0 Å². The molecule has 0 saturated heterocycles. The highest BCUT2D eigenvalue weighted by Crippen LogP contribution is 2.32. The van der Waals surface area contributed by atoms with Gasteiger partial charge in [-0.1, -0.05) is 0 Å². The molecule has 1 aromatic rings. The van der Waals surface area contributed by atoms with Gasteiger partial charge in [0.1, 0.15) is 0 Å². The second kappa shape index (κ2) is 3.66. The van der Waals surface area contributed by atoms with Gasteiger partial charge in [0.2, 0.25) is 0 Å². The zero-order chi connectivity index (χ0) is 9.30. The Labute approximate surface area is 89.0 Å². The predicted octanol–water partition coefficient (Wildman–Crippen LogP) is 2.86. The average Bonchev–Trinajstić information content (AvgIpc) is 1.96. The van der Waals surface area contributed by atoms with Crippen molar-refractivity contribution in [3.05, 3.63) is 21.1 Å². The Hall–Kier alpha value is -0.220. The second-order valence-electron chi connectivity index (χ2n) is 2.72. The van der Waals surface area contributed by atoms with Crippen LogP contribution in [0.4, 0.5) is 11.4 Å². The first-order valence-electron chi connectivity index (χ1n) is 3.44. The minimum Gasteiger partial charge on any atom is -0.397 e. The number of halogens is 2. The van der Waals surface area contributed by atoms with Crippen molar-refractivity contribution < 1.29 is 0 Å². The first-order valence-corrected chi connectivity index (χ1v) is 5.03. The molecule has 0 aromatic heterocycles. The van der Waals surface area contributed by atoms with Crippen molar-refractivity contribution in [2.45, 2.75) is 0 Å². The number of anilines is 2. The maximum atomic E-state index is 5.80. The fraction of sp³-hybridized carbons (Fsp3) is 0.250. The number of nitrogens with two attached hydrogens (primary N) is 1. The molecule has 0 fully saturated rings. The summed E-state index contributed by atoms with van der Waals surface area (Å²) < 4.78 is 1.99. The van der Waals surface area contributed by atoms with Gasteiger partial charge in [-0.15, -0.1) is 0 Å². The van der Waals surface area contributed by atoms with Crippen LogP contribution in [0.5, 0.6) is 0 Å². The van der Waals surface area contributed by atoms with Crippen LogP contribution >= 0.6 is 31.9 Å². The second-order valence-corrected chi connectivity index (χ2v) is 4.43. The SMILES string of the molecule is CN(C)c1cc(Br)c(Br)cc1N. The van der Waals surface area contributed by atoms with Gasteiger partial charge >= 0.3 is 0 Å². The van der Waals surface area contributed by atoms with Gasteiger partial charge < -0.3 is 10.6 Å². The minimum absolute atomic E-state index is 0.773. The van der Waals surface area contributed by atoms with Gasteiger partial charge in [0.05, 0.1) is 11.4 Å². The third-order valence-electron chi connectivity index (χ3n) is 1.55. The summed E-state index contributed by atoms with van der Waals surface area (Å²) in [4.78, 5) is 1.98. The maximum absolute atomic E-state index is 5.80. The van der Waals surface area contributed by atoms with E-state index in [2.05, 4.69) is 31.9 Å². The number of hydrogen-bond donors (Lipinski definition) is 1. The number of rotatable bonds is 1. The Morgan fingerprint density at radius 3 is 2.17 bits per heavy atom. The van der Waals surface area contributed by atoms with Crippen LogP contribution in [0.15, 0.2) is 21.1 Å². The zero-order valence-electron chi connectivity index (χ0n) is 6.94. The summed E-state index contributed by atoms with van der Waals surface area (Å²) in [5.74, 6) is 0. The van der Waals surface area contributed by atoms with E-state index in [9.17, 15) is 0 Å². The molecular formula is C8H10Br2N2. The zero-order valence-corrected chi connectivity index (χ0v) is 10.1. The summed E-state index contributed by atoms with van der Waals surface area (Å²) in [6.07, 6.45) is 0. The highest BCUT2D eigenvalue weighted by molar-refractivity contribution is 9.13. The summed E-state index contributed by atoms with van der Waals surface area (Å²) in [5.41, 5.74) is 7.59. The summed E-state index contributed by atoms with van der Waals surface area (Å²) in [6.45, 7) is 0. The summed E-state index contributed by atoms with van der Waals surface area (Å²) in [7, 11) is 3.93. The maximum Gasteiger partial charge on any atom is 0.0606 e. The highest BCUT2D eigenvalue weighted by atomic mass is 79.9. The van der Waals surface area contributed by atoms with E-state index < -0.39 is 0 Å². The van der Waals surface area contributed by atoms with Crippen molar-refractivity contribution in [3.8, 4) is 0 Å². The summed E-state index contributed by atoms with van der Waals surface area (Å²) in [5, 5.41) is 0. The number of nitrogens with zero attached hydrogens (tertiary/aromatic N) is 1. The van der Waals surface area contributed by atoms with Gasteiger partial charge in [-0.25, -0.2) is 0 Å². The largest absolute Gasteiger partial charge is 0.397 e. The van der Waals surface area contributed by atoms with Gasteiger partial charge in [0, 0.05) is 23.0 Å². The van der Waals surface area contributed by atoms with Crippen LogP contribution in [0.25, 0.3) is 0 Å². The van der Waals surface area contributed by atoms with Crippen molar-refractivity contribution in [1.29, 1.82) is 0 Å². The standard InChI is InChI=1S/C8H10Br2N2/c1-12(2)8-4-6(10)5(9)3-7(8)11/h3-4H,11H2,1-2H3. The van der Waals surface area contributed by atoms with Crippen molar-refractivity contribution in [2.24, 2.45) is 0 Å². The van der Waals surface area contributed by atoms with Crippen LogP contribution in [-0.4, -0.2) is 14.1 Å². The average molecular weight is 294 g/mol. The quantitative estimate of drug-likeness (QED) is 0.807. The van der Waals surface area contributed by atoms with Crippen LogP contribution in [0, 0.1) is 0 Å². The van der Waals surface area contributed by atoms with E-state index in [1.165, 1.54) is 0 Å². The lowest BCUT2D eigenvalue weighted by molar-refractivity contribution is 1.13. The van der Waals surface area contributed by atoms with Gasteiger partial charge in [0.25, 0.3) is 0 Å². The number of hydrogen-bond acceptors (Lipinski definition) is 2. The molecule has 0 aliphatic rings. The third kappa shape index (κ3) is 1.93. The molecule has 0 bridgehead atoms. The first-order chi connectivity index (χ1) is 5.52. The van der Waals surface area contributed by atoms with Crippen molar-refractivity contribution >= 4 is 43.2 Å². The molecule has 1 aromatic carbocycles. The van der Waals surface area contributed by atoms with Gasteiger partial charge in [-0.05, 0) is 44.0 Å². The fourth-order valence-corrected chi connectivity index (χ4v) is 1.63. The van der Waals surface area contributed by atoms with Crippen molar-refractivity contribution in [2.75, 3.05) is 24.7 Å². The molecule has 1 rings (SSSR count). The Bertz CT molecular complexity index is 297. The molecule has 2 N–H and O–H groups in total. The Morgan fingerprint density at radius 1 is 1.17 bits per heavy atom. The summed E-state index contributed by atoms with van der Waals surface area (Å²) >= 11 is 6.80. The van der Waals surface area contributed by atoms with Crippen molar-refractivity contribution in [3.63, 3.8) is 0 Å². The molecule has 0 aliphatic heterocycles. The molecule has 12 heavy (non-hydrogen) atoms. The molecule has 66 valence electrons. The minimum atomic E-state index is 0.773. The molecule has 0 unspecified atom stereocenters. The lowest BCUT2D eigenvalue weighted by atomic mass is 10.2. The van der Waals surface area contributed by atoms with E-state index in [-0.39, 0.29) is 0 Å². The lowest BCUT2D eigenvalue weighted by Crippen LogP contribution is -2.11. The van der Waals surface area contributed by atoms with Crippen LogP contribution in [-0.2, 0) is 0 Å². The third-order valence-corrected chi connectivity index (χ3v) is 3.40. The molecule has 0 aliphatic carbocycles. The van der Waals surface area contributed by atoms with E-state index in [0.29, 0.717) is 0 Å². The topological polar surface area (TPSA) is 29.3 Å². The normalized spacial score (nSPS) is 10.0. The van der Waals surface area contributed by atoms with E-state index in [1.807, 2.05) is 31.1 Å². The van der Waals surface area contributed by atoms with Crippen LogP contribution in [0.2, 0.25) is 0 Å². The van der Waals surface area contributed by atoms with Crippen LogP contribution in [0.1, 0.15) is 0 Å². The van der Waals surface area contributed by atoms with Crippen LogP contribution in [0.3, 0.4) is 0 Å². The Kier molecular flexibility index (Phi) is 3.01. The lowest BCUT2D eigenvalue weighted by Gasteiger charge is -2.15. The van der Waals surface area contributed by atoms with Gasteiger partial charge in [0.15, 0.2) is 0 Å².